The summed E-state index contributed by atoms with van der Waals surface area (Å²) in [6.07, 6.45) is 1.11. The number of benzene rings is 4. The molecule has 0 unspecified atom stereocenters. The lowest BCUT2D eigenvalue weighted by Gasteiger charge is -2.36. The van der Waals surface area contributed by atoms with Crippen molar-refractivity contribution in [3.63, 3.8) is 0 Å². The lowest BCUT2D eigenvalue weighted by Crippen LogP contribution is -2.48. The molecule has 1 spiro atoms. The van der Waals surface area contributed by atoms with Gasteiger partial charge in [-0.05, 0) is 54.3 Å². The number of rotatable bonds is 4. The van der Waals surface area contributed by atoms with Crippen LogP contribution >= 0.6 is 23.2 Å². The van der Waals surface area contributed by atoms with Crippen molar-refractivity contribution in [1.82, 2.24) is 0 Å². The van der Waals surface area contributed by atoms with Gasteiger partial charge in [0.2, 0.25) is 0 Å². The number of anilines is 1. The van der Waals surface area contributed by atoms with Crippen LogP contribution in [0.5, 0.6) is 0 Å². The predicted octanol–water partition coefficient (Wildman–Crippen LogP) is 7.35. The topological polar surface area (TPSA) is 46.6 Å². The van der Waals surface area contributed by atoms with E-state index in [1.165, 1.54) is 0 Å². The summed E-state index contributed by atoms with van der Waals surface area (Å²) in [6, 6.07) is 30.8. The molecule has 1 saturated heterocycles. The normalized spacial score (nSPS) is 22.8. The second kappa shape index (κ2) is 9.46. The SMILES string of the molecule is O=C(c1ccc(Cl)cc1Cl)[C@@H]1[C@@H](c2ccccc2)[C@@]2(CCc3ccccc3C2=O)ON1c1ccccc1. The highest BCUT2D eigenvalue weighted by Crippen LogP contribution is 2.52. The molecular weight excluding hydrogens is 505 g/mol. The number of carbonyl (C=O) groups excluding carboxylic acids is 2. The summed E-state index contributed by atoms with van der Waals surface area (Å²) >= 11 is 12.7. The van der Waals surface area contributed by atoms with Crippen molar-refractivity contribution in [2.75, 3.05) is 5.06 Å². The van der Waals surface area contributed by atoms with Crippen LogP contribution in [0.3, 0.4) is 0 Å². The highest BCUT2D eigenvalue weighted by molar-refractivity contribution is 6.37. The van der Waals surface area contributed by atoms with E-state index < -0.39 is 17.6 Å². The fraction of sp³-hybridized carbons (Fsp3) is 0.161. The van der Waals surface area contributed by atoms with Gasteiger partial charge in [-0.3, -0.25) is 14.4 Å². The summed E-state index contributed by atoms with van der Waals surface area (Å²) in [6.45, 7) is 0. The Morgan fingerprint density at radius 3 is 2.27 bits per heavy atom. The van der Waals surface area contributed by atoms with Crippen molar-refractivity contribution in [2.45, 2.75) is 30.4 Å². The third-order valence-corrected chi connectivity index (χ3v) is 7.93. The van der Waals surface area contributed by atoms with Gasteiger partial charge in [0.25, 0.3) is 0 Å². The van der Waals surface area contributed by atoms with Gasteiger partial charge in [-0.1, -0.05) is 96.0 Å². The van der Waals surface area contributed by atoms with Crippen LogP contribution in [0.25, 0.3) is 0 Å². The number of nitrogens with zero attached hydrogens (tertiary/aromatic N) is 1. The maximum absolute atomic E-state index is 14.4. The lowest BCUT2D eigenvalue weighted by atomic mass is 9.67. The van der Waals surface area contributed by atoms with Gasteiger partial charge in [0.1, 0.15) is 6.04 Å². The molecule has 0 aromatic heterocycles. The minimum Gasteiger partial charge on any atom is -0.292 e. The summed E-state index contributed by atoms with van der Waals surface area (Å²) in [5.41, 5.74) is 2.26. The Morgan fingerprint density at radius 2 is 1.54 bits per heavy atom. The number of aryl methyl sites for hydroxylation is 1. The zero-order chi connectivity index (χ0) is 25.6. The average molecular weight is 528 g/mol. The van der Waals surface area contributed by atoms with Crippen LogP contribution in [0.2, 0.25) is 10.0 Å². The minimum absolute atomic E-state index is 0.110. The van der Waals surface area contributed by atoms with Crippen molar-refractivity contribution in [2.24, 2.45) is 0 Å². The van der Waals surface area contributed by atoms with Crippen molar-refractivity contribution < 1.29 is 14.4 Å². The first-order valence-electron chi connectivity index (χ1n) is 12.2. The molecule has 1 fully saturated rings. The molecule has 0 amide bonds. The first-order valence-corrected chi connectivity index (χ1v) is 13.0. The Bertz CT molecular complexity index is 1490. The first kappa shape index (κ1) is 23.9. The van der Waals surface area contributed by atoms with E-state index in [1.54, 1.807) is 23.3 Å². The molecular formula is C31H23Cl2NO3. The quantitative estimate of drug-likeness (QED) is 0.260. The van der Waals surface area contributed by atoms with Crippen LogP contribution in [0, 0.1) is 0 Å². The van der Waals surface area contributed by atoms with E-state index in [1.807, 2.05) is 84.9 Å². The smallest absolute Gasteiger partial charge is 0.198 e. The monoisotopic (exact) mass is 527 g/mol. The molecule has 2 aliphatic rings. The van der Waals surface area contributed by atoms with Crippen LogP contribution in [0.15, 0.2) is 103 Å². The molecule has 1 aliphatic heterocycles. The number of hydrogen-bond donors (Lipinski definition) is 0. The van der Waals surface area contributed by atoms with Gasteiger partial charge in [0.05, 0.1) is 16.6 Å². The number of Topliss-reactive ketones (excluding diaryl/α,β-unsaturated/α-hetero) is 2. The number of halogens is 2. The fourth-order valence-electron chi connectivity index (χ4n) is 5.69. The zero-order valence-corrected chi connectivity index (χ0v) is 21.3. The minimum atomic E-state index is -1.26. The highest BCUT2D eigenvalue weighted by Gasteiger charge is 2.62. The molecule has 3 atom stereocenters. The standard InChI is InChI=1S/C31H23Cl2NO3/c32-22-15-16-25(26(33)19-22)29(35)28-27(21-10-3-1-4-11-21)31(37-34(28)23-12-5-2-6-13-23)18-17-20-9-7-8-14-24(20)30(31)36/h1-16,19,27-28H,17-18H2/t27-,28+,31-/m1/s1. The van der Waals surface area contributed by atoms with Crippen LogP contribution < -0.4 is 5.06 Å². The third kappa shape index (κ3) is 3.97. The summed E-state index contributed by atoms with van der Waals surface area (Å²) in [4.78, 5) is 35.4. The van der Waals surface area contributed by atoms with Crippen molar-refractivity contribution in [3.05, 3.63) is 135 Å². The van der Waals surface area contributed by atoms with Gasteiger partial charge >= 0.3 is 0 Å². The number of hydroxylamine groups is 1. The van der Waals surface area contributed by atoms with Gasteiger partial charge < -0.3 is 0 Å². The number of carbonyl (C=O) groups is 2. The van der Waals surface area contributed by atoms with Crippen molar-refractivity contribution in [3.8, 4) is 0 Å². The average Bonchev–Trinajstić information content (AvgIpc) is 3.27. The Labute approximate surface area is 225 Å². The van der Waals surface area contributed by atoms with E-state index in [0.717, 1.165) is 11.1 Å². The van der Waals surface area contributed by atoms with Crippen molar-refractivity contribution >= 4 is 40.5 Å². The van der Waals surface area contributed by atoms with Gasteiger partial charge in [0.15, 0.2) is 17.2 Å². The van der Waals surface area contributed by atoms with Crippen LogP contribution in [-0.4, -0.2) is 23.2 Å². The second-order valence-corrected chi connectivity index (χ2v) is 10.3. The Kier molecular flexibility index (Phi) is 6.12. The summed E-state index contributed by atoms with van der Waals surface area (Å²) < 4.78 is 0. The largest absolute Gasteiger partial charge is 0.292 e. The Balaban J connectivity index is 1.58. The van der Waals surface area contributed by atoms with E-state index in [9.17, 15) is 9.59 Å². The second-order valence-electron chi connectivity index (χ2n) is 9.45. The molecule has 4 aromatic rings. The molecule has 4 nitrogen and oxygen atoms in total. The summed E-state index contributed by atoms with van der Waals surface area (Å²) in [5, 5.41) is 2.33. The molecule has 4 aromatic carbocycles. The van der Waals surface area contributed by atoms with Gasteiger partial charge in [0, 0.05) is 16.1 Å². The maximum Gasteiger partial charge on any atom is 0.198 e. The van der Waals surface area contributed by atoms with Crippen LogP contribution in [0.4, 0.5) is 5.69 Å². The summed E-state index contributed by atoms with van der Waals surface area (Å²) in [5.74, 6) is -0.918. The Morgan fingerprint density at radius 1 is 0.865 bits per heavy atom. The summed E-state index contributed by atoms with van der Waals surface area (Å²) in [7, 11) is 0. The molecule has 0 bridgehead atoms. The van der Waals surface area contributed by atoms with Crippen molar-refractivity contribution in [1.29, 1.82) is 0 Å². The molecule has 1 heterocycles. The van der Waals surface area contributed by atoms with E-state index >= 15 is 0 Å². The van der Waals surface area contributed by atoms with E-state index in [4.69, 9.17) is 28.0 Å². The number of para-hydroxylation sites is 1. The molecule has 184 valence electrons. The Hall–Kier alpha value is -3.44. The van der Waals surface area contributed by atoms with E-state index in [0.29, 0.717) is 34.7 Å². The van der Waals surface area contributed by atoms with E-state index in [-0.39, 0.29) is 16.6 Å². The number of ketones is 2. The fourth-order valence-corrected chi connectivity index (χ4v) is 6.19. The lowest BCUT2D eigenvalue weighted by molar-refractivity contribution is -0.0142. The van der Waals surface area contributed by atoms with Gasteiger partial charge in [-0.2, -0.15) is 0 Å². The highest BCUT2D eigenvalue weighted by atomic mass is 35.5. The number of fused-ring (bicyclic) bond motifs is 1. The molecule has 6 heteroatoms. The maximum atomic E-state index is 14.4. The number of hydrogen-bond acceptors (Lipinski definition) is 4. The third-order valence-electron chi connectivity index (χ3n) is 7.38. The van der Waals surface area contributed by atoms with Crippen LogP contribution in [-0.2, 0) is 11.3 Å². The van der Waals surface area contributed by atoms with Gasteiger partial charge in [-0.15, -0.1) is 0 Å². The molecule has 0 radical (unpaired) electrons. The predicted molar refractivity (Wildman–Crippen MR) is 146 cm³/mol. The first-order chi connectivity index (χ1) is 18.0. The molecule has 37 heavy (non-hydrogen) atoms. The molecule has 0 saturated carbocycles. The molecule has 6 rings (SSSR count). The molecule has 0 N–H and O–H groups in total. The molecule has 1 aliphatic carbocycles. The van der Waals surface area contributed by atoms with Crippen LogP contribution in [0.1, 0.15) is 44.2 Å². The van der Waals surface area contributed by atoms with E-state index in [2.05, 4.69) is 0 Å². The zero-order valence-electron chi connectivity index (χ0n) is 19.8. The van der Waals surface area contributed by atoms with Gasteiger partial charge in [-0.25, -0.2) is 5.06 Å².